The van der Waals surface area contributed by atoms with Crippen molar-refractivity contribution in [3.05, 3.63) is 41.7 Å². The normalized spacial score (nSPS) is 15.0. The van der Waals surface area contributed by atoms with Crippen LogP contribution in [0.1, 0.15) is 18.3 Å². The van der Waals surface area contributed by atoms with Crippen LogP contribution in [0.3, 0.4) is 0 Å². The van der Waals surface area contributed by atoms with Gasteiger partial charge in [0.2, 0.25) is 0 Å². The summed E-state index contributed by atoms with van der Waals surface area (Å²) in [5.74, 6) is 1.42. The number of ether oxygens (including phenoxy) is 1. The predicted octanol–water partition coefficient (Wildman–Crippen LogP) is 1.18. The molecule has 1 aromatic heterocycles. The molecule has 0 aliphatic carbocycles. The van der Waals surface area contributed by atoms with Crippen LogP contribution in [0.15, 0.2) is 29.5 Å². The molecule has 1 fully saturated rings. The number of hydrogen-bond donors (Lipinski definition) is 2. The fraction of sp³-hybridized carbons (Fsp3) is 0.526. The van der Waals surface area contributed by atoms with Crippen LogP contribution in [0.5, 0.6) is 0 Å². The summed E-state index contributed by atoms with van der Waals surface area (Å²) in [5, 5.41) is 14.5. The maximum Gasteiger partial charge on any atom is 0.191 e. The highest BCUT2D eigenvalue weighted by Crippen LogP contribution is 2.21. The number of rotatable bonds is 7. The van der Waals surface area contributed by atoms with E-state index in [-0.39, 0.29) is 5.82 Å². The van der Waals surface area contributed by atoms with E-state index in [1.54, 1.807) is 19.4 Å². The molecule has 28 heavy (non-hydrogen) atoms. The van der Waals surface area contributed by atoms with Gasteiger partial charge in [-0.2, -0.15) is 0 Å². The summed E-state index contributed by atoms with van der Waals surface area (Å²) in [6.07, 6.45) is 2.58. The van der Waals surface area contributed by atoms with E-state index in [1.807, 2.05) is 21.6 Å². The highest BCUT2D eigenvalue weighted by molar-refractivity contribution is 5.79. The topological polar surface area (TPSA) is 79.6 Å². The third-order valence-corrected chi connectivity index (χ3v) is 4.70. The Labute approximate surface area is 164 Å². The summed E-state index contributed by atoms with van der Waals surface area (Å²) in [5.41, 5.74) is 1.50. The molecule has 1 aliphatic heterocycles. The van der Waals surface area contributed by atoms with Crippen LogP contribution in [0, 0.1) is 5.82 Å². The third kappa shape index (κ3) is 5.19. The molecule has 9 heteroatoms. The maximum atomic E-state index is 14.5. The fourth-order valence-electron chi connectivity index (χ4n) is 3.16. The average molecular weight is 389 g/mol. The van der Waals surface area contributed by atoms with E-state index >= 15 is 0 Å². The van der Waals surface area contributed by atoms with Crippen molar-refractivity contribution in [2.75, 3.05) is 44.8 Å². The Morgan fingerprint density at radius 3 is 2.82 bits per heavy atom. The van der Waals surface area contributed by atoms with E-state index in [4.69, 9.17) is 4.74 Å². The number of aryl methyl sites for hydroxylation is 1. The molecular formula is C19H28FN7O. The van der Waals surface area contributed by atoms with Crippen LogP contribution >= 0.6 is 0 Å². The minimum Gasteiger partial charge on any atom is -0.378 e. The monoisotopic (exact) mass is 389 g/mol. The molecular weight excluding hydrogens is 361 g/mol. The van der Waals surface area contributed by atoms with Crippen molar-refractivity contribution in [2.24, 2.45) is 4.99 Å². The Morgan fingerprint density at radius 1 is 1.29 bits per heavy atom. The number of aliphatic imine (C=N–C) groups is 1. The molecule has 1 aromatic carbocycles. The third-order valence-electron chi connectivity index (χ3n) is 4.70. The first-order chi connectivity index (χ1) is 13.7. The van der Waals surface area contributed by atoms with Gasteiger partial charge in [-0.1, -0.05) is 13.0 Å². The molecule has 1 aliphatic rings. The molecule has 0 unspecified atom stereocenters. The van der Waals surface area contributed by atoms with Gasteiger partial charge in [0.05, 0.1) is 18.9 Å². The lowest BCUT2D eigenvalue weighted by molar-refractivity contribution is 0.122. The maximum absolute atomic E-state index is 14.5. The summed E-state index contributed by atoms with van der Waals surface area (Å²) in [7, 11) is 1.72. The molecule has 2 N–H and O–H groups in total. The molecule has 0 spiro atoms. The Hall–Kier alpha value is -2.68. The Balaban J connectivity index is 1.48. The minimum atomic E-state index is -0.205. The van der Waals surface area contributed by atoms with Crippen molar-refractivity contribution in [1.82, 2.24) is 25.4 Å². The van der Waals surface area contributed by atoms with Crippen LogP contribution in [0.4, 0.5) is 10.1 Å². The Kier molecular flexibility index (Phi) is 7.18. The SMILES string of the molecule is CCc1nncn1CCNC(=NC)NCc1ccc(N2CCOCC2)c(F)c1. The number of halogens is 1. The van der Waals surface area contributed by atoms with Gasteiger partial charge in [-0.15, -0.1) is 10.2 Å². The van der Waals surface area contributed by atoms with E-state index in [9.17, 15) is 4.39 Å². The molecule has 0 bridgehead atoms. The number of aromatic nitrogens is 3. The molecule has 0 atom stereocenters. The van der Waals surface area contributed by atoms with Gasteiger partial charge in [0.1, 0.15) is 18.0 Å². The zero-order chi connectivity index (χ0) is 19.8. The van der Waals surface area contributed by atoms with Crippen molar-refractivity contribution >= 4 is 11.6 Å². The van der Waals surface area contributed by atoms with Gasteiger partial charge in [-0.3, -0.25) is 4.99 Å². The van der Waals surface area contributed by atoms with Crippen molar-refractivity contribution in [3.8, 4) is 0 Å². The lowest BCUT2D eigenvalue weighted by Gasteiger charge is -2.29. The lowest BCUT2D eigenvalue weighted by atomic mass is 10.1. The number of guanidine groups is 1. The number of benzene rings is 1. The highest BCUT2D eigenvalue weighted by atomic mass is 19.1. The smallest absolute Gasteiger partial charge is 0.191 e. The van der Waals surface area contributed by atoms with E-state index in [0.29, 0.717) is 38.0 Å². The lowest BCUT2D eigenvalue weighted by Crippen LogP contribution is -2.38. The van der Waals surface area contributed by atoms with E-state index < -0.39 is 0 Å². The van der Waals surface area contributed by atoms with Crippen molar-refractivity contribution in [1.29, 1.82) is 0 Å². The Bertz CT molecular complexity index is 786. The zero-order valence-electron chi connectivity index (χ0n) is 16.5. The zero-order valence-corrected chi connectivity index (χ0v) is 16.5. The first-order valence-electron chi connectivity index (χ1n) is 9.63. The standard InChI is InChI=1S/C19H28FN7O/c1-3-18-25-24-14-27(18)7-6-22-19(21-2)23-13-15-4-5-17(16(20)12-15)26-8-10-28-11-9-26/h4-5,12,14H,3,6-11,13H2,1-2H3,(H2,21,22,23). The quantitative estimate of drug-likeness (QED) is 0.547. The van der Waals surface area contributed by atoms with Crippen LogP contribution in [0.2, 0.25) is 0 Å². The molecule has 0 radical (unpaired) electrons. The van der Waals surface area contributed by atoms with Gasteiger partial charge < -0.3 is 24.8 Å². The summed E-state index contributed by atoms with van der Waals surface area (Å²) in [6, 6.07) is 5.36. The second-order valence-corrected chi connectivity index (χ2v) is 6.53. The number of morpholine rings is 1. The van der Waals surface area contributed by atoms with Crippen LogP contribution in [-0.4, -0.2) is 60.6 Å². The second kappa shape index (κ2) is 10.0. The Morgan fingerprint density at radius 2 is 2.11 bits per heavy atom. The molecule has 152 valence electrons. The van der Waals surface area contributed by atoms with E-state index in [2.05, 4.69) is 32.7 Å². The van der Waals surface area contributed by atoms with E-state index in [1.165, 1.54) is 0 Å². The number of nitrogens with one attached hydrogen (secondary N) is 2. The molecule has 2 aromatic rings. The van der Waals surface area contributed by atoms with Crippen molar-refractivity contribution in [2.45, 2.75) is 26.4 Å². The van der Waals surface area contributed by atoms with E-state index in [0.717, 1.165) is 37.4 Å². The first kappa shape index (κ1) is 20.1. The fourth-order valence-corrected chi connectivity index (χ4v) is 3.16. The van der Waals surface area contributed by atoms with Gasteiger partial charge in [0.25, 0.3) is 0 Å². The van der Waals surface area contributed by atoms with Crippen LogP contribution in [0.25, 0.3) is 0 Å². The first-order valence-corrected chi connectivity index (χ1v) is 9.63. The highest BCUT2D eigenvalue weighted by Gasteiger charge is 2.15. The summed E-state index contributed by atoms with van der Waals surface area (Å²) in [4.78, 5) is 6.24. The minimum absolute atomic E-state index is 0.205. The number of anilines is 1. The van der Waals surface area contributed by atoms with Crippen molar-refractivity contribution < 1.29 is 9.13 Å². The van der Waals surface area contributed by atoms with Crippen molar-refractivity contribution in [3.63, 3.8) is 0 Å². The average Bonchev–Trinajstić information content (AvgIpc) is 3.18. The van der Waals surface area contributed by atoms with Crippen LogP contribution in [-0.2, 0) is 24.2 Å². The van der Waals surface area contributed by atoms with Gasteiger partial charge in [-0.05, 0) is 17.7 Å². The summed E-state index contributed by atoms with van der Waals surface area (Å²) in [6.45, 7) is 6.70. The molecule has 0 amide bonds. The number of nitrogens with zero attached hydrogens (tertiary/aromatic N) is 5. The summed E-state index contributed by atoms with van der Waals surface area (Å²) >= 11 is 0. The second-order valence-electron chi connectivity index (χ2n) is 6.53. The largest absolute Gasteiger partial charge is 0.378 e. The molecule has 8 nitrogen and oxygen atoms in total. The van der Waals surface area contributed by atoms with Gasteiger partial charge in [0, 0.05) is 46.2 Å². The van der Waals surface area contributed by atoms with Gasteiger partial charge in [-0.25, -0.2) is 4.39 Å². The van der Waals surface area contributed by atoms with Gasteiger partial charge >= 0.3 is 0 Å². The molecule has 3 rings (SSSR count). The van der Waals surface area contributed by atoms with Gasteiger partial charge in [0.15, 0.2) is 5.96 Å². The summed E-state index contributed by atoms with van der Waals surface area (Å²) < 4.78 is 21.8. The molecule has 1 saturated heterocycles. The molecule has 0 saturated carbocycles. The predicted molar refractivity (Wildman–Crippen MR) is 107 cm³/mol. The van der Waals surface area contributed by atoms with Crippen LogP contribution < -0.4 is 15.5 Å². The molecule has 2 heterocycles. The number of hydrogen-bond acceptors (Lipinski definition) is 5.